The summed E-state index contributed by atoms with van der Waals surface area (Å²) in [5, 5.41) is 5.73. The molecular weight excluding hydrogens is 432 g/mol. The number of hydrogen-bond acceptors (Lipinski definition) is 4. The highest BCUT2D eigenvalue weighted by Crippen LogP contribution is 2.40. The molecule has 35 heavy (non-hydrogen) atoms. The van der Waals surface area contributed by atoms with Gasteiger partial charge in [0.15, 0.2) is 0 Å². The third kappa shape index (κ3) is 3.44. The van der Waals surface area contributed by atoms with Gasteiger partial charge in [-0.15, -0.1) is 0 Å². The zero-order chi connectivity index (χ0) is 23.2. The lowest BCUT2D eigenvalue weighted by atomic mass is 9.98. The van der Waals surface area contributed by atoms with E-state index in [1.807, 2.05) is 42.5 Å². The third-order valence-corrected chi connectivity index (χ3v) is 6.37. The minimum absolute atomic E-state index is 0.562. The first-order valence-corrected chi connectivity index (χ1v) is 11.5. The number of furan rings is 1. The number of nitrogens with one attached hydrogen (secondary N) is 1. The Bertz CT molecular complexity index is 1750. The van der Waals surface area contributed by atoms with Crippen LogP contribution in [0.25, 0.3) is 45.2 Å². The normalized spacial score (nSPS) is 12.1. The van der Waals surface area contributed by atoms with Gasteiger partial charge in [0.1, 0.15) is 16.9 Å². The zero-order valence-corrected chi connectivity index (χ0v) is 18.7. The lowest BCUT2D eigenvalue weighted by Gasteiger charge is -2.15. The third-order valence-electron chi connectivity index (χ3n) is 6.37. The summed E-state index contributed by atoms with van der Waals surface area (Å²) in [6, 6.07) is 32.6. The number of rotatable bonds is 3. The lowest BCUT2D eigenvalue weighted by molar-refractivity contribution is 0.463. The number of pyridine rings is 1. The van der Waals surface area contributed by atoms with E-state index in [0.717, 1.165) is 55.8 Å². The van der Waals surface area contributed by atoms with Crippen LogP contribution in [0.15, 0.2) is 108 Å². The topological polar surface area (TPSA) is 47.3 Å². The molecule has 7 rings (SSSR count). The van der Waals surface area contributed by atoms with Crippen LogP contribution in [0.2, 0.25) is 0 Å². The number of ether oxygens (including phenoxy) is 1. The molecule has 1 aliphatic rings. The molecule has 4 aromatic carbocycles. The predicted molar refractivity (Wildman–Crippen MR) is 142 cm³/mol. The molecule has 166 valence electrons. The minimum atomic E-state index is 0.562. The van der Waals surface area contributed by atoms with Crippen molar-refractivity contribution < 1.29 is 9.15 Å². The maximum Gasteiger partial charge on any atom is 0.219 e. The van der Waals surface area contributed by atoms with E-state index in [4.69, 9.17) is 9.15 Å². The van der Waals surface area contributed by atoms with Crippen LogP contribution in [0.3, 0.4) is 0 Å². The van der Waals surface area contributed by atoms with Crippen molar-refractivity contribution in [3.8, 4) is 22.8 Å². The Morgan fingerprint density at radius 1 is 0.686 bits per heavy atom. The number of nitrogens with zero attached hydrogens (tertiary/aromatic N) is 1. The van der Waals surface area contributed by atoms with Crippen LogP contribution < -0.4 is 10.1 Å². The number of para-hydroxylation sites is 2. The molecule has 4 nitrogen and oxygen atoms in total. The smallest absolute Gasteiger partial charge is 0.219 e. The van der Waals surface area contributed by atoms with Crippen LogP contribution in [0.4, 0.5) is 11.4 Å². The van der Waals surface area contributed by atoms with Crippen molar-refractivity contribution >= 4 is 45.5 Å². The van der Waals surface area contributed by atoms with Crippen molar-refractivity contribution in [2.75, 3.05) is 5.32 Å². The molecule has 0 saturated heterocycles. The Balaban J connectivity index is 1.35. The van der Waals surface area contributed by atoms with Crippen LogP contribution in [0.5, 0.6) is 11.6 Å². The first-order chi connectivity index (χ1) is 17.3. The quantitative estimate of drug-likeness (QED) is 0.291. The average Bonchev–Trinajstić information content (AvgIpc) is 3.14. The van der Waals surface area contributed by atoms with E-state index in [9.17, 15) is 0 Å². The molecule has 2 aromatic heterocycles. The lowest BCUT2D eigenvalue weighted by Crippen LogP contribution is -1.96. The van der Waals surface area contributed by atoms with Gasteiger partial charge in [0.2, 0.25) is 5.88 Å². The maximum absolute atomic E-state index is 6.13. The monoisotopic (exact) mass is 452 g/mol. The molecule has 0 saturated carbocycles. The van der Waals surface area contributed by atoms with E-state index in [-0.39, 0.29) is 0 Å². The second-order valence-electron chi connectivity index (χ2n) is 8.56. The van der Waals surface area contributed by atoms with Crippen molar-refractivity contribution in [1.29, 1.82) is 0 Å². The number of anilines is 2. The SMILES string of the molecule is C1=Cc2cccc(-c3ccc4oc5ccc(Oc6ccccn6)cc5c4c3)c2Nc2ccccc21. The highest BCUT2D eigenvalue weighted by Gasteiger charge is 2.15. The van der Waals surface area contributed by atoms with E-state index in [2.05, 4.69) is 77.1 Å². The number of aromatic nitrogens is 1. The number of benzene rings is 4. The predicted octanol–water partition coefficient (Wildman–Crippen LogP) is 8.67. The van der Waals surface area contributed by atoms with E-state index < -0.39 is 0 Å². The Hall–Kier alpha value is -4.83. The second-order valence-corrected chi connectivity index (χ2v) is 8.56. The van der Waals surface area contributed by atoms with Crippen molar-refractivity contribution in [2.45, 2.75) is 0 Å². The molecule has 3 heterocycles. The largest absolute Gasteiger partial charge is 0.456 e. The molecule has 0 unspecified atom stereocenters. The van der Waals surface area contributed by atoms with Gasteiger partial charge < -0.3 is 14.5 Å². The van der Waals surface area contributed by atoms with Crippen LogP contribution in [0, 0.1) is 0 Å². The molecule has 0 atom stereocenters. The van der Waals surface area contributed by atoms with Gasteiger partial charge in [0.25, 0.3) is 0 Å². The summed E-state index contributed by atoms with van der Waals surface area (Å²) in [6.07, 6.45) is 6.05. The van der Waals surface area contributed by atoms with Gasteiger partial charge in [-0.25, -0.2) is 4.98 Å². The van der Waals surface area contributed by atoms with Gasteiger partial charge in [0.05, 0.1) is 5.69 Å². The standard InChI is InChI=1S/C31H20N2O2/c1-2-9-27-20(6-1)11-12-21-7-5-8-24(31(21)33-27)22-13-15-28-25(18-22)26-19-23(14-16-29(26)35-28)34-30-10-3-4-17-32-30/h1-19,33H. The van der Waals surface area contributed by atoms with E-state index >= 15 is 0 Å². The van der Waals surface area contributed by atoms with Gasteiger partial charge >= 0.3 is 0 Å². The molecule has 1 aliphatic heterocycles. The van der Waals surface area contributed by atoms with Crippen LogP contribution >= 0.6 is 0 Å². The minimum Gasteiger partial charge on any atom is -0.456 e. The van der Waals surface area contributed by atoms with E-state index in [1.54, 1.807) is 6.20 Å². The van der Waals surface area contributed by atoms with Gasteiger partial charge in [-0.05, 0) is 59.2 Å². The molecule has 4 heteroatoms. The molecule has 0 bridgehead atoms. The van der Waals surface area contributed by atoms with Crippen molar-refractivity contribution in [1.82, 2.24) is 4.98 Å². The molecule has 1 N–H and O–H groups in total. The Morgan fingerprint density at radius 3 is 2.40 bits per heavy atom. The molecule has 0 radical (unpaired) electrons. The van der Waals surface area contributed by atoms with Gasteiger partial charge in [-0.2, -0.15) is 0 Å². The zero-order valence-electron chi connectivity index (χ0n) is 18.7. The number of hydrogen-bond donors (Lipinski definition) is 1. The summed E-state index contributed by atoms with van der Waals surface area (Å²) < 4.78 is 12.1. The van der Waals surface area contributed by atoms with Crippen molar-refractivity contribution in [2.24, 2.45) is 0 Å². The Kier molecular flexibility index (Phi) is 4.42. The maximum atomic E-state index is 6.13. The molecule has 0 aliphatic carbocycles. The van der Waals surface area contributed by atoms with Crippen LogP contribution in [0.1, 0.15) is 11.1 Å². The first-order valence-electron chi connectivity index (χ1n) is 11.5. The van der Waals surface area contributed by atoms with Crippen molar-refractivity contribution in [3.63, 3.8) is 0 Å². The first kappa shape index (κ1) is 19.6. The summed E-state index contributed by atoms with van der Waals surface area (Å²) in [7, 11) is 0. The molecule has 6 aromatic rings. The molecule has 0 amide bonds. The fraction of sp³-hybridized carbons (Fsp3) is 0. The molecule has 0 fully saturated rings. The van der Waals surface area contributed by atoms with Crippen LogP contribution in [-0.4, -0.2) is 4.98 Å². The van der Waals surface area contributed by atoms with E-state index in [0.29, 0.717) is 5.88 Å². The summed E-state index contributed by atoms with van der Waals surface area (Å²) in [6.45, 7) is 0. The van der Waals surface area contributed by atoms with Crippen LogP contribution in [-0.2, 0) is 0 Å². The average molecular weight is 453 g/mol. The molecular formula is C31H20N2O2. The summed E-state index contributed by atoms with van der Waals surface area (Å²) in [4.78, 5) is 4.26. The second kappa shape index (κ2) is 7.89. The Morgan fingerprint density at radius 2 is 1.49 bits per heavy atom. The van der Waals surface area contributed by atoms with E-state index in [1.165, 1.54) is 5.56 Å². The molecule has 0 spiro atoms. The summed E-state index contributed by atoms with van der Waals surface area (Å²) in [5.41, 5.74) is 8.45. The highest BCUT2D eigenvalue weighted by molar-refractivity contribution is 6.07. The van der Waals surface area contributed by atoms with Gasteiger partial charge in [0, 0.05) is 34.3 Å². The summed E-state index contributed by atoms with van der Waals surface area (Å²) in [5.74, 6) is 1.29. The fourth-order valence-electron chi connectivity index (χ4n) is 4.68. The highest BCUT2D eigenvalue weighted by atomic mass is 16.5. The van der Waals surface area contributed by atoms with Crippen molar-refractivity contribution in [3.05, 3.63) is 114 Å². The summed E-state index contributed by atoms with van der Waals surface area (Å²) >= 11 is 0. The fourth-order valence-corrected chi connectivity index (χ4v) is 4.68. The Labute approximate surface area is 202 Å². The van der Waals surface area contributed by atoms with Gasteiger partial charge in [-0.1, -0.05) is 60.7 Å². The number of fused-ring (bicyclic) bond motifs is 5. The van der Waals surface area contributed by atoms with Gasteiger partial charge in [-0.3, -0.25) is 0 Å².